The maximum absolute atomic E-state index is 14.0. The molecular weight excluding hydrogens is 595 g/mol. The van der Waals surface area contributed by atoms with Gasteiger partial charge in [-0.1, -0.05) is 6.07 Å². The Labute approximate surface area is 251 Å². The molecule has 0 radical (unpaired) electrons. The average molecular weight is 632 g/mol. The average Bonchev–Trinajstić information content (AvgIpc) is 2.95. The fourth-order valence-electron chi connectivity index (χ4n) is 6.05. The second-order valence-electron chi connectivity index (χ2n) is 11.6. The van der Waals surface area contributed by atoms with E-state index in [1.54, 1.807) is 36.9 Å². The molecule has 2 aliphatic heterocycles. The van der Waals surface area contributed by atoms with Crippen LogP contribution in [0.1, 0.15) is 46.7 Å². The Kier molecular flexibility index (Phi) is 9.72. The van der Waals surface area contributed by atoms with Gasteiger partial charge in [0.15, 0.2) is 0 Å². The van der Waals surface area contributed by atoms with E-state index in [0.717, 1.165) is 4.90 Å². The summed E-state index contributed by atoms with van der Waals surface area (Å²) in [6, 6.07) is 4.44. The Morgan fingerprint density at radius 1 is 0.841 bits per heavy atom. The molecule has 2 heterocycles. The van der Waals surface area contributed by atoms with Crippen molar-refractivity contribution in [2.45, 2.75) is 50.7 Å². The molecule has 4 rings (SSSR count). The van der Waals surface area contributed by atoms with Crippen LogP contribution in [0.2, 0.25) is 0 Å². The smallest absolute Gasteiger partial charge is 0.331 e. The van der Waals surface area contributed by atoms with Crippen LogP contribution in [0.5, 0.6) is 0 Å². The fourth-order valence-corrected chi connectivity index (χ4v) is 6.05. The Morgan fingerprint density at radius 2 is 1.43 bits per heavy atom. The van der Waals surface area contributed by atoms with Crippen molar-refractivity contribution >= 4 is 12.1 Å². The lowest BCUT2D eigenvalue weighted by molar-refractivity contribution is -0.143. The molecule has 14 heteroatoms. The summed E-state index contributed by atoms with van der Waals surface area (Å²) in [7, 11) is 4.71. The van der Waals surface area contributed by atoms with Gasteiger partial charge in [0.05, 0.1) is 17.2 Å². The van der Waals surface area contributed by atoms with Crippen LogP contribution in [-0.4, -0.2) is 96.5 Å². The second-order valence-corrected chi connectivity index (χ2v) is 11.6. The number of carbonyl (C=O) groups is 2. The van der Waals surface area contributed by atoms with Crippen LogP contribution in [0.25, 0.3) is 0 Å². The van der Waals surface area contributed by atoms with Gasteiger partial charge in [-0.2, -0.15) is 26.3 Å². The van der Waals surface area contributed by atoms with E-state index >= 15 is 0 Å². The van der Waals surface area contributed by atoms with E-state index < -0.39 is 47.9 Å². The number of carbonyl (C=O) groups excluding carboxylic acids is 2. The fraction of sp³-hybridized carbons (Fsp3) is 0.533. The zero-order chi connectivity index (χ0) is 32.6. The minimum Gasteiger partial charge on any atom is -0.331 e. The monoisotopic (exact) mass is 631 g/mol. The van der Waals surface area contributed by atoms with Crippen LogP contribution in [-0.2, 0) is 18.9 Å². The number of piperidine rings is 1. The summed E-state index contributed by atoms with van der Waals surface area (Å²) in [5, 5.41) is 0. The number of likely N-dealkylation sites (tertiary alicyclic amines) is 1. The second kappa shape index (κ2) is 12.8. The molecule has 44 heavy (non-hydrogen) atoms. The summed E-state index contributed by atoms with van der Waals surface area (Å²) in [5.41, 5.74) is -1.88. The summed E-state index contributed by atoms with van der Waals surface area (Å²) in [6.45, 7) is 3.84. The highest BCUT2D eigenvalue weighted by Crippen LogP contribution is 2.38. The maximum atomic E-state index is 14.0. The molecule has 2 aromatic carbocycles. The lowest BCUT2D eigenvalue weighted by Crippen LogP contribution is -2.57. The molecule has 0 bridgehead atoms. The third kappa shape index (κ3) is 7.56. The van der Waals surface area contributed by atoms with E-state index in [1.165, 1.54) is 24.1 Å². The molecule has 2 aliphatic rings. The number of hydrogen-bond acceptors (Lipinski definition) is 3. The molecule has 2 atom stereocenters. The first-order chi connectivity index (χ1) is 20.5. The molecule has 2 aromatic rings. The molecular formula is C30H36F7N5O2. The number of alkyl halides is 6. The van der Waals surface area contributed by atoms with Gasteiger partial charge in [-0.05, 0) is 66.8 Å². The van der Waals surface area contributed by atoms with Crippen molar-refractivity contribution in [2.75, 3.05) is 53.9 Å². The lowest BCUT2D eigenvalue weighted by Gasteiger charge is -2.47. The molecule has 0 unspecified atom stereocenters. The highest BCUT2D eigenvalue weighted by atomic mass is 19.4. The number of amides is 4. The number of halogens is 7. The Hall–Kier alpha value is -3.55. The molecule has 4 amide bonds. The van der Waals surface area contributed by atoms with Gasteiger partial charge in [-0.25, -0.2) is 14.0 Å². The number of nitrogens with zero attached hydrogens (tertiary/aromatic N) is 5. The number of rotatable bonds is 4. The van der Waals surface area contributed by atoms with E-state index in [1.807, 2.05) is 0 Å². The first-order valence-corrected chi connectivity index (χ1v) is 14.2. The van der Waals surface area contributed by atoms with Crippen molar-refractivity contribution in [3.8, 4) is 0 Å². The molecule has 2 saturated heterocycles. The van der Waals surface area contributed by atoms with Crippen molar-refractivity contribution in [1.82, 2.24) is 24.5 Å². The van der Waals surface area contributed by atoms with Crippen LogP contribution in [0.15, 0.2) is 36.4 Å². The summed E-state index contributed by atoms with van der Waals surface area (Å²) >= 11 is 0. The van der Waals surface area contributed by atoms with Crippen LogP contribution in [0.3, 0.4) is 0 Å². The molecule has 0 aliphatic carbocycles. The van der Waals surface area contributed by atoms with Crippen molar-refractivity contribution in [2.24, 2.45) is 0 Å². The van der Waals surface area contributed by atoms with E-state index in [4.69, 9.17) is 0 Å². The number of benzene rings is 2. The summed E-state index contributed by atoms with van der Waals surface area (Å²) in [6.07, 6.45) is -8.96. The lowest BCUT2D eigenvalue weighted by atomic mass is 9.88. The number of hydrogen-bond donors (Lipinski definition) is 0. The van der Waals surface area contributed by atoms with Gasteiger partial charge in [0.1, 0.15) is 5.82 Å². The van der Waals surface area contributed by atoms with E-state index in [0.29, 0.717) is 62.3 Å². The van der Waals surface area contributed by atoms with Gasteiger partial charge < -0.3 is 19.6 Å². The molecule has 2 fully saturated rings. The topological polar surface area (TPSA) is 50.3 Å². The predicted octanol–water partition coefficient (Wildman–Crippen LogP) is 6.23. The predicted molar refractivity (Wildman–Crippen MR) is 149 cm³/mol. The van der Waals surface area contributed by atoms with Gasteiger partial charge in [0, 0.05) is 66.5 Å². The SMILES string of the molecule is Cc1cc(F)ccc1[C@H]1C[C@@H](N2CCN(C(=O)N(C)C)CC2)CCN1C(=O)N(C)Cc1cc(C(F)(F)F)cc(C(F)(F)F)c1. The van der Waals surface area contributed by atoms with Crippen LogP contribution >= 0.6 is 0 Å². The Morgan fingerprint density at radius 3 is 1.95 bits per heavy atom. The van der Waals surface area contributed by atoms with Gasteiger partial charge in [0.2, 0.25) is 0 Å². The molecule has 242 valence electrons. The molecule has 7 nitrogen and oxygen atoms in total. The number of aryl methyl sites for hydroxylation is 1. The summed E-state index contributed by atoms with van der Waals surface area (Å²) in [4.78, 5) is 34.3. The number of urea groups is 2. The van der Waals surface area contributed by atoms with Crippen molar-refractivity contribution in [3.05, 3.63) is 70.0 Å². The van der Waals surface area contributed by atoms with Gasteiger partial charge in [-0.15, -0.1) is 0 Å². The van der Waals surface area contributed by atoms with Gasteiger partial charge >= 0.3 is 24.4 Å². The highest BCUT2D eigenvalue weighted by molar-refractivity contribution is 5.75. The van der Waals surface area contributed by atoms with Crippen LogP contribution in [0.4, 0.5) is 40.3 Å². The van der Waals surface area contributed by atoms with Crippen molar-refractivity contribution in [3.63, 3.8) is 0 Å². The minimum absolute atomic E-state index is 0.0354. The molecule has 0 saturated carbocycles. The Balaban J connectivity index is 1.56. The van der Waals surface area contributed by atoms with Gasteiger partial charge in [0.25, 0.3) is 0 Å². The molecule has 0 N–H and O–H groups in total. The molecule has 0 aromatic heterocycles. The van der Waals surface area contributed by atoms with Gasteiger partial charge in [-0.3, -0.25) is 4.90 Å². The van der Waals surface area contributed by atoms with Crippen molar-refractivity contribution in [1.29, 1.82) is 0 Å². The Bertz CT molecular complexity index is 1320. The zero-order valence-corrected chi connectivity index (χ0v) is 25.0. The quantitative estimate of drug-likeness (QED) is 0.377. The third-order valence-corrected chi connectivity index (χ3v) is 8.29. The largest absolute Gasteiger partial charge is 0.416 e. The molecule has 0 spiro atoms. The standard InChI is InChI=1S/C30H36F7N5O2/c1-19-13-23(31)5-6-25(19)26-17-24(40-9-11-41(12-10-40)27(43)38(2)3)7-8-42(26)28(44)39(4)18-20-14-21(29(32,33)34)16-22(15-20)30(35,36)37/h5-6,13-16,24,26H,7-12,17-18H2,1-4H3/t24-,26+/m0/s1. The van der Waals surface area contributed by atoms with E-state index in [-0.39, 0.29) is 30.2 Å². The third-order valence-electron chi connectivity index (χ3n) is 8.29. The summed E-state index contributed by atoms with van der Waals surface area (Å²) < 4.78 is 94.4. The zero-order valence-electron chi connectivity index (χ0n) is 25.0. The summed E-state index contributed by atoms with van der Waals surface area (Å²) in [5.74, 6) is -0.444. The van der Waals surface area contributed by atoms with E-state index in [9.17, 15) is 40.3 Å². The van der Waals surface area contributed by atoms with Crippen molar-refractivity contribution < 1.29 is 40.3 Å². The minimum atomic E-state index is -5.00. The maximum Gasteiger partial charge on any atom is 0.416 e. The number of piperazine rings is 1. The van der Waals surface area contributed by atoms with Crippen LogP contribution < -0.4 is 0 Å². The van der Waals surface area contributed by atoms with Crippen LogP contribution in [0, 0.1) is 12.7 Å². The highest BCUT2D eigenvalue weighted by Gasteiger charge is 2.40. The normalized spacial score (nSPS) is 20.1. The van der Waals surface area contributed by atoms with E-state index in [2.05, 4.69) is 4.90 Å². The first-order valence-electron chi connectivity index (χ1n) is 14.2. The first kappa shape index (κ1) is 33.3.